The van der Waals surface area contributed by atoms with Crippen LogP contribution in [-0.2, 0) is 0 Å². The zero-order valence-corrected chi connectivity index (χ0v) is 10.6. The van der Waals surface area contributed by atoms with Crippen molar-refractivity contribution in [2.75, 3.05) is 19.7 Å². The highest BCUT2D eigenvalue weighted by Gasteiger charge is 2.12. The lowest BCUT2D eigenvalue weighted by Crippen LogP contribution is -2.28. The first kappa shape index (κ1) is 14.3. The fraction of sp³-hybridized carbons (Fsp3) is 0.538. The second kappa shape index (κ2) is 7.51. The summed E-state index contributed by atoms with van der Waals surface area (Å²) in [4.78, 5) is 0. The molecule has 4 heteroatoms. The predicted octanol–water partition coefficient (Wildman–Crippen LogP) is 3.02. The third-order valence-corrected chi connectivity index (χ3v) is 3.07. The Hall–Kier alpha value is -0.800. The average Bonchev–Trinajstić information content (AvgIpc) is 2.33. The summed E-state index contributed by atoms with van der Waals surface area (Å²) in [6.07, 6.45) is 3.58. The second-order valence-electron chi connectivity index (χ2n) is 4.28. The van der Waals surface area contributed by atoms with E-state index in [1.807, 2.05) is 0 Å². The molecule has 0 aliphatic carbocycles. The lowest BCUT2D eigenvalue weighted by molar-refractivity contribution is 0.251. The summed E-state index contributed by atoms with van der Waals surface area (Å²) in [5, 5.41) is 3.35. The number of hydrogen-bond donors (Lipinski definition) is 1. The standard InChI is InChI=1S/C13H18FNO.ClH/c14-12-1-3-13(4-2-12)16-10-7-11-5-8-15-9-6-11;/h1-4,11,15H,5-10H2;1H. The Morgan fingerprint density at radius 3 is 2.47 bits per heavy atom. The zero-order valence-electron chi connectivity index (χ0n) is 9.82. The van der Waals surface area contributed by atoms with Crippen molar-refractivity contribution in [3.05, 3.63) is 30.1 Å². The van der Waals surface area contributed by atoms with Gasteiger partial charge in [-0.15, -0.1) is 12.4 Å². The fourth-order valence-electron chi connectivity index (χ4n) is 2.04. The fourth-order valence-corrected chi connectivity index (χ4v) is 2.04. The van der Waals surface area contributed by atoms with Crippen molar-refractivity contribution in [2.45, 2.75) is 19.3 Å². The summed E-state index contributed by atoms with van der Waals surface area (Å²) < 4.78 is 18.2. The smallest absolute Gasteiger partial charge is 0.123 e. The van der Waals surface area contributed by atoms with Crippen LogP contribution in [0, 0.1) is 11.7 Å². The van der Waals surface area contributed by atoms with Gasteiger partial charge < -0.3 is 10.1 Å². The van der Waals surface area contributed by atoms with Crippen molar-refractivity contribution in [1.82, 2.24) is 5.32 Å². The molecule has 2 nitrogen and oxygen atoms in total. The van der Waals surface area contributed by atoms with E-state index in [-0.39, 0.29) is 18.2 Å². The van der Waals surface area contributed by atoms with Gasteiger partial charge in [-0.1, -0.05) is 0 Å². The second-order valence-corrected chi connectivity index (χ2v) is 4.28. The summed E-state index contributed by atoms with van der Waals surface area (Å²) in [6, 6.07) is 6.22. The number of nitrogens with one attached hydrogen (secondary N) is 1. The van der Waals surface area contributed by atoms with Gasteiger partial charge in [0.15, 0.2) is 0 Å². The molecule has 1 heterocycles. The van der Waals surface area contributed by atoms with E-state index >= 15 is 0 Å². The van der Waals surface area contributed by atoms with E-state index in [2.05, 4.69) is 5.32 Å². The monoisotopic (exact) mass is 259 g/mol. The van der Waals surface area contributed by atoms with Crippen LogP contribution in [0.2, 0.25) is 0 Å². The number of rotatable bonds is 4. The minimum absolute atomic E-state index is 0. The summed E-state index contributed by atoms with van der Waals surface area (Å²) >= 11 is 0. The van der Waals surface area contributed by atoms with Crippen molar-refractivity contribution in [3.8, 4) is 5.75 Å². The van der Waals surface area contributed by atoms with Crippen LogP contribution in [0.3, 0.4) is 0 Å². The molecule has 1 aromatic carbocycles. The lowest BCUT2D eigenvalue weighted by atomic mass is 9.95. The van der Waals surface area contributed by atoms with Gasteiger partial charge in [-0.3, -0.25) is 0 Å². The molecule has 0 saturated carbocycles. The molecule has 0 atom stereocenters. The first-order chi connectivity index (χ1) is 7.84. The normalized spacial score (nSPS) is 16.3. The van der Waals surface area contributed by atoms with Crippen molar-refractivity contribution >= 4 is 12.4 Å². The Labute approximate surface area is 108 Å². The maximum Gasteiger partial charge on any atom is 0.123 e. The van der Waals surface area contributed by atoms with Crippen LogP contribution >= 0.6 is 12.4 Å². The Kier molecular flexibility index (Phi) is 6.30. The van der Waals surface area contributed by atoms with Crippen molar-refractivity contribution < 1.29 is 9.13 Å². The maximum atomic E-state index is 12.6. The summed E-state index contributed by atoms with van der Waals surface area (Å²) in [5.74, 6) is 1.32. The molecule has 17 heavy (non-hydrogen) atoms. The molecule has 0 radical (unpaired) electrons. The summed E-state index contributed by atoms with van der Waals surface area (Å²) in [7, 11) is 0. The van der Waals surface area contributed by atoms with Crippen LogP contribution in [0.1, 0.15) is 19.3 Å². The van der Waals surface area contributed by atoms with E-state index < -0.39 is 0 Å². The molecule has 1 N–H and O–H groups in total. The molecule has 1 aliphatic heterocycles. The number of piperidine rings is 1. The van der Waals surface area contributed by atoms with Crippen molar-refractivity contribution in [1.29, 1.82) is 0 Å². The van der Waals surface area contributed by atoms with Gasteiger partial charge in [0.2, 0.25) is 0 Å². The van der Waals surface area contributed by atoms with Gasteiger partial charge in [0, 0.05) is 0 Å². The van der Waals surface area contributed by atoms with Gasteiger partial charge in [0.25, 0.3) is 0 Å². The van der Waals surface area contributed by atoms with E-state index in [9.17, 15) is 4.39 Å². The largest absolute Gasteiger partial charge is 0.494 e. The molecular weight excluding hydrogens is 241 g/mol. The number of ether oxygens (including phenoxy) is 1. The number of hydrogen-bond acceptors (Lipinski definition) is 2. The number of halogens is 2. The van der Waals surface area contributed by atoms with Gasteiger partial charge in [0.05, 0.1) is 6.61 Å². The van der Waals surface area contributed by atoms with Gasteiger partial charge in [-0.25, -0.2) is 4.39 Å². The van der Waals surface area contributed by atoms with E-state index in [1.165, 1.54) is 25.0 Å². The van der Waals surface area contributed by atoms with Gasteiger partial charge >= 0.3 is 0 Å². The van der Waals surface area contributed by atoms with Crippen LogP contribution < -0.4 is 10.1 Å². The molecule has 96 valence electrons. The SMILES string of the molecule is Cl.Fc1ccc(OCCC2CCNCC2)cc1. The summed E-state index contributed by atoms with van der Waals surface area (Å²) in [6.45, 7) is 2.98. The topological polar surface area (TPSA) is 21.3 Å². The molecule has 0 bridgehead atoms. The maximum absolute atomic E-state index is 12.6. The molecule has 0 spiro atoms. The lowest BCUT2D eigenvalue weighted by Gasteiger charge is -2.22. The molecule has 1 aromatic rings. The van der Waals surface area contributed by atoms with Crippen LogP contribution in [-0.4, -0.2) is 19.7 Å². The van der Waals surface area contributed by atoms with E-state index in [0.29, 0.717) is 0 Å². The van der Waals surface area contributed by atoms with Crippen LogP contribution in [0.5, 0.6) is 5.75 Å². The highest BCUT2D eigenvalue weighted by atomic mass is 35.5. The Morgan fingerprint density at radius 1 is 1.18 bits per heavy atom. The minimum Gasteiger partial charge on any atom is -0.494 e. The predicted molar refractivity (Wildman–Crippen MR) is 69.4 cm³/mol. The molecular formula is C13H19ClFNO. The Bertz CT molecular complexity index is 312. The third-order valence-electron chi connectivity index (χ3n) is 3.07. The summed E-state index contributed by atoms with van der Waals surface area (Å²) in [5.41, 5.74) is 0. The highest BCUT2D eigenvalue weighted by molar-refractivity contribution is 5.85. The van der Waals surface area contributed by atoms with E-state index in [0.717, 1.165) is 37.8 Å². The molecule has 1 fully saturated rings. The van der Waals surface area contributed by atoms with Crippen molar-refractivity contribution in [2.24, 2.45) is 5.92 Å². The van der Waals surface area contributed by atoms with Crippen LogP contribution in [0.15, 0.2) is 24.3 Å². The molecule has 0 aromatic heterocycles. The molecule has 0 amide bonds. The molecule has 1 saturated heterocycles. The van der Waals surface area contributed by atoms with Crippen LogP contribution in [0.25, 0.3) is 0 Å². The Morgan fingerprint density at radius 2 is 1.82 bits per heavy atom. The zero-order chi connectivity index (χ0) is 11.2. The molecule has 2 rings (SSSR count). The molecule has 1 aliphatic rings. The van der Waals surface area contributed by atoms with E-state index in [4.69, 9.17) is 4.74 Å². The number of benzene rings is 1. The van der Waals surface area contributed by atoms with E-state index in [1.54, 1.807) is 12.1 Å². The minimum atomic E-state index is -0.217. The van der Waals surface area contributed by atoms with Gasteiger partial charge in [-0.05, 0) is 62.5 Å². The van der Waals surface area contributed by atoms with Gasteiger partial charge in [-0.2, -0.15) is 0 Å². The highest BCUT2D eigenvalue weighted by Crippen LogP contribution is 2.17. The average molecular weight is 260 g/mol. The molecule has 0 unspecified atom stereocenters. The first-order valence-electron chi connectivity index (χ1n) is 5.94. The first-order valence-corrected chi connectivity index (χ1v) is 5.94. The van der Waals surface area contributed by atoms with Crippen molar-refractivity contribution in [3.63, 3.8) is 0 Å². The van der Waals surface area contributed by atoms with Crippen LogP contribution in [0.4, 0.5) is 4.39 Å². The Balaban J connectivity index is 0.00000144. The third kappa shape index (κ3) is 4.92. The quantitative estimate of drug-likeness (QED) is 0.898. The van der Waals surface area contributed by atoms with Gasteiger partial charge in [0.1, 0.15) is 11.6 Å².